The Morgan fingerprint density at radius 1 is 1.09 bits per heavy atom. The highest BCUT2D eigenvalue weighted by Crippen LogP contribution is 2.32. The molecule has 176 valence electrons. The number of para-hydroxylation sites is 1. The molecule has 0 saturated heterocycles. The van der Waals surface area contributed by atoms with Crippen molar-refractivity contribution in [2.24, 2.45) is 0 Å². The Bertz CT molecular complexity index is 1420. The van der Waals surface area contributed by atoms with E-state index in [-0.39, 0.29) is 18.3 Å². The number of hydrogen-bond donors (Lipinski definition) is 1. The zero-order chi connectivity index (χ0) is 23.7. The normalized spacial score (nSPS) is 16.3. The summed E-state index contributed by atoms with van der Waals surface area (Å²) >= 11 is 1.36. The van der Waals surface area contributed by atoms with Crippen LogP contribution in [0.5, 0.6) is 11.5 Å². The molecule has 0 bridgehead atoms. The third kappa shape index (κ3) is 4.15. The van der Waals surface area contributed by atoms with Crippen LogP contribution in [0.4, 0.5) is 5.69 Å². The summed E-state index contributed by atoms with van der Waals surface area (Å²) in [5.74, 6) is 1.20. The molecule has 1 N–H and O–H groups in total. The Kier molecular flexibility index (Phi) is 6.26. The second-order valence-corrected chi connectivity index (χ2v) is 9.27. The summed E-state index contributed by atoms with van der Waals surface area (Å²) in [6.07, 6.45) is 2.68. The van der Waals surface area contributed by atoms with Crippen LogP contribution in [-0.2, 0) is 11.3 Å². The number of ether oxygens (including phenoxy) is 2. The number of benzene rings is 2. The van der Waals surface area contributed by atoms with E-state index in [1.807, 2.05) is 48.5 Å². The van der Waals surface area contributed by atoms with Crippen molar-refractivity contribution in [3.8, 4) is 11.5 Å². The van der Waals surface area contributed by atoms with Crippen molar-refractivity contribution in [3.63, 3.8) is 0 Å². The number of carbonyl (C=O) groups is 1. The lowest BCUT2D eigenvalue weighted by Crippen LogP contribution is -2.34. The molecule has 1 amide bonds. The van der Waals surface area contributed by atoms with Crippen molar-refractivity contribution in [1.82, 2.24) is 9.47 Å². The zero-order valence-corrected chi connectivity index (χ0v) is 20.1. The van der Waals surface area contributed by atoms with Gasteiger partial charge in [-0.15, -0.1) is 11.3 Å². The molecule has 0 saturated carbocycles. The van der Waals surface area contributed by atoms with Crippen LogP contribution in [0.25, 0.3) is 11.6 Å². The number of anilines is 1. The minimum Gasteiger partial charge on any atom is -0.454 e. The van der Waals surface area contributed by atoms with Crippen molar-refractivity contribution >= 4 is 34.6 Å². The van der Waals surface area contributed by atoms with Gasteiger partial charge in [-0.1, -0.05) is 38.1 Å². The highest BCUT2D eigenvalue weighted by molar-refractivity contribution is 7.07. The molecular formula is C26H27N3O4S. The lowest BCUT2D eigenvalue weighted by atomic mass is 10.1. The fourth-order valence-corrected chi connectivity index (χ4v) is 5.57. The number of rotatable bonds is 7. The highest BCUT2D eigenvalue weighted by atomic mass is 32.1. The van der Waals surface area contributed by atoms with Crippen molar-refractivity contribution < 1.29 is 14.3 Å². The quantitative estimate of drug-likeness (QED) is 0.566. The smallest absolute Gasteiger partial charge is 0.269 e. The average molecular weight is 478 g/mol. The summed E-state index contributed by atoms with van der Waals surface area (Å²) in [7, 11) is 0. The van der Waals surface area contributed by atoms with Crippen LogP contribution in [0, 0.1) is 0 Å². The fourth-order valence-electron chi connectivity index (χ4n) is 4.38. The zero-order valence-electron chi connectivity index (χ0n) is 19.3. The second-order valence-electron chi connectivity index (χ2n) is 8.24. The van der Waals surface area contributed by atoms with E-state index in [1.54, 1.807) is 4.57 Å². The Balaban J connectivity index is 1.63. The number of fused-ring (bicyclic) bond motifs is 2. The summed E-state index contributed by atoms with van der Waals surface area (Å²) in [6.45, 7) is 7.87. The molecule has 0 spiro atoms. The Labute approximate surface area is 201 Å². The molecule has 34 heavy (non-hydrogen) atoms. The van der Waals surface area contributed by atoms with Gasteiger partial charge in [0.1, 0.15) is 4.66 Å². The first-order valence-corrected chi connectivity index (χ1v) is 12.4. The lowest BCUT2D eigenvalue weighted by molar-refractivity contribution is -0.110. The number of nitrogens with one attached hydrogen (secondary N) is 1. The van der Waals surface area contributed by atoms with Gasteiger partial charge in [0.05, 0.1) is 10.1 Å². The number of amides is 1. The summed E-state index contributed by atoms with van der Waals surface area (Å²) in [5, 5.41) is 2.94. The molecule has 0 atom stereocenters. The van der Waals surface area contributed by atoms with Crippen LogP contribution in [0.15, 0.2) is 47.3 Å². The van der Waals surface area contributed by atoms with Gasteiger partial charge in [0.15, 0.2) is 11.5 Å². The Morgan fingerprint density at radius 2 is 1.88 bits per heavy atom. The number of aromatic nitrogens is 1. The first-order chi connectivity index (χ1) is 16.6. The lowest BCUT2D eigenvalue weighted by Gasteiger charge is -2.17. The fraction of sp³-hybridized carbons (Fsp3) is 0.308. The topological polar surface area (TPSA) is 72.8 Å². The van der Waals surface area contributed by atoms with Gasteiger partial charge >= 0.3 is 0 Å². The van der Waals surface area contributed by atoms with Crippen LogP contribution >= 0.6 is 11.3 Å². The standard InChI is InChI=1S/C26H27N3O4S/c1-3-28(4-2)12-7-13-29-25(31)22(15-17-10-11-20-21(14-17)33-16-32-20)34-26(29)23-18-8-5-6-9-19(18)27-24(23)30/h5-6,8-11,14-15H,3-4,7,12-13,16H2,1-2H3,(H,27,30)/b22-15-,26-23-. The molecule has 0 fully saturated rings. The number of nitrogens with zero attached hydrogens (tertiary/aromatic N) is 2. The van der Waals surface area contributed by atoms with E-state index in [9.17, 15) is 9.59 Å². The van der Waals surface area contributed by atoms with Gasteiger partial charge in [0, 0.05) is 17.8 Å². The average Bonchev–Trinajstić information content (AvgIpc) is 3.52. The number of carbonyl (C=O) groups excluding carboxylic acids is 1. The van der Waals surface area contributed by atoms with E-state index in [0.717, 1.165) is 42.9 Å². The molecule has 0 radical (unpaired) electrons. The van der Waals surface area contributed by atoms with Gasteiger partial charge in [-0.3, -0.25) is 14.2 Å². The summed E-state index contributed by atoms with van der Waals surface area (Å²) in [5.41, 5.74) is 2.94. The number of hydrogen-bond acceptors (Lipinski definition) is 6. The minimum absolute atomic E-state index is 0.0816. The molecule has 5 rings (SSSR count). The predicted octanol–water partition coefficient (Wildman–Crippen LogP) is 2.35. The maximum absolute atomic E-state index is 13.5. The molecule has 1 aromatic heterocycles. The summed E-state index contributed by atoms with van der Waals surface area (Å²) < 4.78 is 13.9. The van der Waals surface area contributed by atoms with E-state index in [1.165, 1.54) is 11.3 Å². The molecule has 0 aliphatic carbocycles. The van der Waals surface area contributed by atoms with E-state index in [0.29, 0.717) is 32.8 Å². The molecular weight excluding hydrogens is 450 g/mol. The summed E-state index contributed by atoms with van der Waals surface area (Å²) in [6, 6.07) is 13.2. The molecule has 7 nitrogen and oxygen atoms in total. The first-order valence-electron chi connectivity index (χ1n) is 11.6. The van der Waals surface area contributed by atoms with Gasteiger partial charge in [0.25, 0.3) is 11.5 Å². The Morgan fingerprint density at radius 3 is 2.71 bits per heavy atom. The summed E-state index contributed by atoms with van der Waals surface area (Å²) in [4.78, 5) is 28.8. The molecule has 3 heterocycles. The molecule has 2 aliphatic heterocycles. The number of thiazole rings is 1. The third-order valence-corrected chi connectivity index (χ3v) is 7.37. The van der Waals surface area contributed by atoms with E-state index in [4.69, 9.17) is 9.47 Å². The van der Waals surface area contributed by atoms with Gasteiger partial charge in [-0.2, -0.15) is 0 Å². The van der Waals surface area contributed by atoms with Crippen molar-refractivity contribution in [2.75, 3.05) is 31.7 Å². The van der Waals surface area contributed by atoms with Crippen LogP contribution in [0.2, 0.25) is 0 Å². The molecule has 3 aromatic rings. The van der Waals surface area contributed by atoms with Crippen LogP contribution in [0.3, 0.4) is 0 Å². The van der Waals surface area contributed by atoms with Crippen molar-refractivity contribution in [3.05, 3.63) is 73.1 Å². The molecule has 2 aromatic carbocycles. The third-order valence-electron chi connectivity index (χ3n) is 6.24. The monoisotopic (exact) mass is 477 g/mol. The van der Waals surface area contributed by atoms with Crippen molar-refractivity contribution in [2.45, 2.75) is 26.8 Å². The Hall–Kier alpha value is -3.36. The maximum atomic E-state index is 13.5. The van der Waals surface area contributed by atoms with Gasteiger partial charge in [0.2, 0.25) is 6.79 Å². The largest absolute Gasteiger partial charge is 0.454 e. The maximum Gasteiger partial charge on any atom is 0.269 e. The second kappa shape index (κ2) is 9.48. The molecule has 8 heteroatoms. The minimum atomic E-state index is -0.172. The van der Waals surface area contributed by atoms with Crippen LogP contribution in [0.1, 0.15) is 31.4 Å². The van der Waals surface area contributed by atoms with Crippen molar-refractivity contribution in [1.29, 1.82) is 0 Å². The van der Waals surface area contributed by atoms with Gasteiger partial charge < -0.3 is 19.7 Å². The highest BCUT2D eigenvalue weighted by Gasteiger charge is 2.26. The molecule has 2 aliphatic rings. The first kappa shape index (κ1) is 22.4. The van der Waals surface area contributed by atoms with Crippen LogP contribution in [-0.4, -0.2) is 41.8 Å². The van der Waals surface area contributed by atoms with Gasteiger partial charge in [-0.05, 0) is 55.9 Å². The van der Waals surface area contributed by atoms with E-state index < -0.39 is 0 Å². The SMILES string of the molecule is CCN(CC)CCCn1c(=O)/c(=C/c2ccc3c(c2)OCO3)s/c1=C1\C(=O)Nc2ccccc21. The molecule has 0 unspecified atom stereocenters. The van der Waals surface area contributed by atoms with E-state index in [2.05, 4.69) is 24.1 Å². The van der Waals surface area contributed by atoms with E-state index >= 15 is 0 Å². The van der Waals surface area contributed by atoms with Crippen LogP contribution < -0.4 is 29.5 Å². The predicted molar refractivity (Wildman–Crippen MR) is 134 cm³/mol. The van der Waals surface area contributed by atoms with Gasteiger partial charge in [-0.25, -0.2) is 0 Å².